The second-order valence-electron chi connectivity index (χ2n) is 7.44. The van der Waals surface area contributed by atoms with Crippen LogP contribution in [0.1, 0.15) is 39.5 Å². The zero-order valence-electron chi connectivity index (χ0n) is 15.1. The molecule has 25 heavy (non-hydrogen) atoms. The SMILES string of the molecule is C[C@H](C(=O)NC(=O)NC1CC1)N1CCN([C@H](C)C(=O)NC2CC2)CC1. The lowest BCUT2D eigenvalue weighted by Crippen LogP contribution is -2.58. The predicted molar refractivity (Wildman–Crippen MR) is 92.9 cm³/mol. The first-order valence-corrected chi connectivity index (χ1v) is 9.34. The number of carbonyl (C=O) groups is 3. The van der Waals surface area contributed by atoms with Gasteiger partial charge in [-0.15, -0.1) is 0 Å². The Labute approximate surface area is 148 Å². The molecule has 3 aliphatic rings. The number of amides is 4. The fraction of sp³-hybridized carbons (Fsp3) is 0.824. The van der Waals surface area contributed by atoms with Crippen molar-refractivity contribution in [3.8, 4) is 0 Å². The summed E-state index contributed by atoms with van der Waals surface area (Å²) >= 11 is 0. The fourth-order valence-corrected chi connectivity index (χ4v) is 3.06. The lowest BCUT2D eigenvalue weighted by atomic mass is 10.1. The van der Waals surface area contributed by atoms with Crippen LogP contribution >= 0.6 is 0 Å². The highest BCUT2D eigenvalue weighted by atomic mass is 16.2. The topological polar surface area (TPSA) is 93.8 Å². The minimum Gasteiger partial charge on any atom is -0.352 e. The van der Waals surface area contributed by atoms with E-state index in [0.717, 1.165) is 38.8 Å². The summed E-state index contributed by atoms with van der Waals surface area (Å²) < 4.78 is 0. The Kier molecular flexibility index (Phi) is 5.58. The summed E-state index contributed by atoms with van der Waals surface area (Å²) in [5.74, 6) is -0.176. The molecule has 2 aliphatic carbocycles. The molecule has 0 bridgehead atoms. The van der Waals surface area contributed by atoms with Crippen molar-refractivity contribution < 1.29 is 14.4 Å². The Hall–Kier alpha value is -1.67. The van der Waals surface area contributed by atoms with Crippen LogP contribution in [0, 0.1) is 0 Å². The zero-order valence-corrected chi connectivity index (χ0v) is 15.1. The maximum Gasteiger partial charge on any atom is 0.321 e. The Balaban J connectivity index is 1.40. The summed E-state index contributed by atoms with van der Waals surface area (Å²) in [6.45, 7) is 6.65. The molecular formula is C17H29N5O3. The number of carbonyl (C=O) groups excluding carboxylic acids is 3. The van der Waals surface area contributed by atoms with Crippen LogP contribution in [0.15, 0.2) is 0 Å². The van der Waals surface area contributed by atoms with Gasteiger partial charge in [0.1, 0.15) is 0 Å². The molecule has 3 N–H and O–H groups in total. The van der Waals surface area contributed by atoms with E-state index in [9.17, 15) is 14.4 Å². The molecule has 8 nitrogen and oxygen atoms in total. The summed E-state index contributed by atoms with van der Waals surface area (Å²) in [5, 5.41) is 8.22. The van der Waals surface area contributed by atoms with Crippen LogP contribution < -0.4 is 16.0 Å². The van der Waals surface area contributed by atoms with Crippen molar-refractivity contribution in [2.75, 3.05) is 26.2 Å². The number of hydrogen-bond donors (Lipinski definition) is 3. The van der Waals surface area contributed by atoms with E-state index in [0.29, 0.717) is 19.1 Å². The van der Waals surface area contributed by atoms with Crippen LogP contribution in [0.4, 0.5) is 4.79 Å². The zero-order chi connectivity index (χ0) is 18.0. The first kappa shape index (κ1) is 18.1. The smallest absolute Gasteiger partial charge is 0.321 e. The molecule has 140 valence electrons. The van der Waals surface area contributed by atoms with Gasteiger partial charge in [0, 0.05) is 38.3 Å². The maximum atomic E-state index is 12.2. The molecule has 0 spiro atoms. The number of urea groups is 1. The third-order valence-corrected chi connectivity index (χ3v) is 5.28. The molecule has 1 heterocycles. The predicted octanol–water partition coefficient (Wildman–Crippen LogP) is -0.352. The Morgan fingerprint density at radius 1 is 0.760 bits per heavy atom. The molecule has 0 unspecified atom stereocenters. The molecule has 3 fully saturated rings. The first-order chi connectivity index (χ1) is 11.9. The molecular weight excluding hydrogens is 322 g/mol. The van der Waals surface area contributed by atoms with Gasteiger partial charge in [-0.3, -0.25) is 24.7 Å². The van der Waals surface area contributed by atoms with Crippen LogP contribution in [0.3, 0.4) is 0 Å². The van der Waals surface area contributed by atoms with Gasteiger partial charge in [-0.25, -0.2) is 4.79 Å². The van der Waals surface area contributed by atoms with Gasteiger partial charge < -0.3 is 10.6 Å². The van der Waals surface area contributed by atoms with Crippen molar-refractivity contribution in [1.29, 1.82) is 0 Å². The monoisotopic (exact) mass is 351 g/mol. The van der Waals surface area contributed by atoms with E-state index in [2.05, 4.69) is 25.8 Å². The molecule has 1 aliphatic heterocycles. The van der Waals surface area contributed by atoms with Crippen LogP contribution in [0.25, 0.3) is 0 Å². The number of imide groups is 1. The van der Waals surface area contributed by atoms with Crippen molar-refractivity contribution in [3.63, 3.8) is 0 Å². The van der Waals surface area contributed by atoms with Gasteiger partial charge in [0.25, 0.3) is 0 Å². The molecule has 2 atom stereocenters. The molecule has 0 aromatic rings. The van der Waals surface area contributed by atoms with E-state index < -0.39 is 6.03 Å². The number of hydrogen-bond acceptors (Lipinski definition) is 5. The van der Waals surface area contributed by atoms with Gasteiger partial charge in [0.15, 0.2) is 0 Å². The van der Waals surface area contributed by atoms with Crippen LogP contribution in [-0.4, -0.2) is 78.0 Å². The van der Waals surface area contributed by atoms with Crippen LogP contribution in [0.5, 0.6) is 0 Å². The number of nitrogens with one attached hydrogen (secondary N) is 3. The Morgan fingerprint density at radius 3 is 1.68 bits per heavy atom. The second-order valence-corrected chi connectivity index (χ2v) is 7.44. The summed E-state index contributed by atoms with van der Waals surface area (Å²) in [6, 6.07) is -0.293. The highest BCUT2D eigenvalue weighted by Crippen LogP contribution is 2.19. The van der Waals surface area contributed by atoms with Crippen molar-refractivity contribution in [2.24, 2.45) is 0 Å². The first-order valence-electron chi connectivity index (χ1n) is 9.34. The van der Waals surface area contributed by atoms with E-state index >= 15 is 0 Å². The van der Waals surface area contributed by atoms with Crippen LogP contribution in [0.2, 0.25) is 0 Å². The molecule has 0 aromatic carbocycles. The van der Waals surface area contributed by atoms with E-state index in [-0.39, 0.29) is 29.9 Å². The highest BCUT2D eigenvalue weighted by Gasteiger charge is 2.32. The van der Waals surface area contributed by atoms with E-state index in [1.165, 1.54) is 0 Å². The molecule has 1 saturated heterocycles. The van der Waals surface area contributed by atoms with Gasteiger partial charge >= 0.3 is 6.03 Å². The number of nitrogens with zero attached hydrogens (tertiary/aromatic N) is 2. The largest absolute Gasteiger partial charge is 0.352 e. The molecule has 3 rings (SSSR count). The van der Waals surface area contributed by atoms with E-state index in [4.69, 9.17) is 0 Å². The third kappa shape index (κ3) is 5.15. The highest BCUT2D eigenvalue weighted by molar-refractivity contribution is 5.97. The molecule has 2 saturated carbocycles. The summed E-state index contributed by atoms with van der Waals surface area (Å²) in [4.78, 5) is 40.3. The van der Waals surface area contributed by atoms with Crippen molar-refractivity contribution >= 4 is 17.8 Å². The quantitative estimate of drug-likeness (QED) is 0.608. The van der Waals surface area contributed by atoms with Crippen molar-refractivity contribution in [2.45, 2.75) is 63.7 Å². The number of piperazine rings is 1. The summed E-state index contributed by atoms with van der Waals surface area (Å²) in [5.41, 5.74) is 0. The van der Waals surface area contributed by atoms with Crippen molar-refractivity contribution in [1.82, 2.24) is 25.8 Å². The van der Waals surface area contributed by atoms with Gasteiger partial charge in [0.05, 0.1) is 12.1 Å². The standard InChI is InChI=1S/C17H29N5O3/c1-11(15(23)18-13-3-4-13)21-7-9-22(10-8-21)12(2)16(24)20-17(25)19-14-5-6-14/h11-14H,3-10H2,1-2H3,(H,18,23)(H2,19,20,24,25)/t11-,12-/m1/s1. The molecule has 4 amide bonds. The maximum absolute atomic E-state index is 12.2. The van der Waals surface area contributed by atoms with Crippen molar-refractivity contribution in [3.05, 3.63) is 0 Å². The van der Waals surface area contributed by atoms with Gasteiger partial charge in [-0.2, -0.15) is 0 Å². The minimum atomic E-state index is -0.400. The van der Waals surface area contributed by atoms with Gasteiger partial charge in [-0.1, -0.05) is 0 Å². The van der Waals surface area contributed by atoms with Gasteiger partial charge in [-0.05, 0) is 39.5 Å². The third-order valence-electron chi connectivity index (χ3n) is 5.28. The van der Waals surface area contributed by atoms with Crippen LogP contribution in [-0.2, 0) is 9.59 Å². The lowest BCUT2D eigenvalue weighted by Gasteiger charge is -2.39. The molecule has 0 aromatic heterocycles. The van der Waals surface area contributed by atoms with E-state index in [1.54, 1.807) is 0 Å². The average Bonchev–Trinajstić information content (AvgIpc) is 3.50. The average molecular weight is 351 g/mol. The normalized spacial score (nSPS) is 24.2. The summed E-state index contributed by atoms with van der Waals surface area (Å²) in [6.07, 6.45) is 4.16. The Morgan fingerprint density at radius 2 is 1.20 bits per heavy atom. The van der Waals surface area contributed by atoms with E-state index in [1.807, 2.05) is 13.8 Å². The lowest BCUT2D eigenvalue weighted by molar-refractivity contribution is -0.129. The Bertz CT molecular complexity index is 524. The second kappa shape index (κ2) is 7.70. The fourth-order valence-electron chi connectivity index (χ4n) is 3.06. The minimum absolute atomic E-state index is 0.0958. The molecule has 8 heteroatoms. The molecule has 0 radical (unpaired) electrons. The van der Waals surface area contributed by atoms with Gasteiger partial charge in [0.2, 0.25) is 11.8 Å². The summed E-state index contributed by atoms with van der Waals surface area (Å²) in [7, 11) is 0. The number of rotatable bonds is 6.